The average Bonchev–Trinajstić information content (AvgIpc) is 2.91. The molecule has 35 heavy (non-hydrogen) atoms. The molecule has 0 bridgehead atoms. The lowest BCUT2D eigenvalue weighted by Gasteiger charge is -2.35. The van der Waals surface area contributed by atoms with Crippen molar-refractivity contribution in [1.82, 2.24) is 4.98 Å². The van der Waals surface area contributed by atoms with Gasteiger partial charge in [-0.05, 0) is 59.9 Å². The third-order valence-corrected chi connectivity index (χ3v) is 6.89. The second-order valence-electron chi connectivity index (χ2n) is 8.99. The Bertz CT molecular complexity index is 1460. The largest absolute Gasteiger partial charge is 0.493 e. The first-order valence-electron chi connectivity index (χ1n) is 12.0. The topological polar surface area (TPSA) is 60.5 Å². The number of aromatic nitrogens is 1. The molecule has 1 atom stereocenters. The van der Waals surface area contributed by atoms with Gasteiger partial charge in [0.1, 0.15) is 6.61 Å². The van der Waals surface area contributed by atoms with Crippen LogP contribution in [0.2, 0.25) is 0 Å². The van der Waals surface area contributed by atoms with E-state index in [9.17, 15) is 4.79 Å². The molecule has 5 nitrogen and oxygen atoms in total. The van der Waals surface area contributed by atoms with Crippen LogP contribution in [0, 0.1) is 0 Å². The van der Waals surface area contributed by atoms with Crippen LogP contribution in [0.25, 0.3) is 16.5 Å². The fourth-order valence-electron chi connectivity index (χ4n) is 5.25. The van der Waals surface area contributed by atoms with Gasteiger partial charge in [0, 0.05) is 34.8 Å². The van der Waals surface area contributed by atoms with Crippen molar-refractivity contribution in [3.63, 3.8) is 0 Å². The highest BCUT2D eigenvalue weighted by atomic mass is 16.5. The van der Waals surface area contributed by atoms with E-state index in [-0.39, 0.29) is 11.8 Å². The number of benzene rings is 3. The Hall–Kier alpha value is -4.12. The number of hydrogen-bond donors (Lipinski definition) is 1. The molecule has 1 aromatic heterocycles. The number of carbonyl (C=O) groups excluding carboxylic acids is 1. The van der Waals surface area contributed by atoms with Gasteiger partial charge in [-0.25, -0.2) is 0 Å². The molecule has 0 unspecified atom stereocenters. The summed E-state index contributed by atoms with van der Waals surface area (Å²) < 4.78 is 11.8. The summed E-state index contributed by atoms with van der Waals surface area (Å²) in [7, 11) is 1.65. The number of ketones is 1. The number of rotatable bonds is 5. The van der Waals surface area contributed by atoms with E-state index in [4.69, 9.17) is 9.47 Å². The van der Waals surface area contributed by atoms with Crippen LogP contribution in [0.3, 0.4) is 0 Å². The number of methoxy groups -OCH3 is 1. The molecule has 174 valence electrons. The van der Waals surface area contributed by atoms with Gasteiger partial charge in [-0.15, -0.1) is 0 Å². The number of allylic oxidation sites excluding steroid dienone is 1. The van der Waals surface area contributed by atoms with E-state index in [0.29, 0.717) is 24.5 Å². The van der Waals surface area contributed by atoms with Crippen LogP contribution < -0.4 is 14.8 Å². The highest BCUT2D eigenvalue weighted by Gasteiger charge is 2.35. The van der Waals surface area contributed by atoms with Crippen LogP contribution in [-0.2, 0) is 11.4 Å². The average molecular weight is 463 g/mol. The number of hydrogen-bond acceptors (Lipinski definition) is 5. The van der Waals surface area contributed by atoms with E-state index in [1.54, 1.807) is 7.11 Å². The first-order valence-corrected chi connectivity index (χ1v) is 12.0. The van der Waals surface area contributed by atoms with Gasteiger partial charge < -0.3 is 14.8 Å². The van der Waals surface area contributed by atoms with E-state index < -0.39 is 0 Å². The lowest BCUT2D eigenvalue weighted by atomic mass is 9.77. The maximum atomic E-state index is 13.3. The highest BCUT2D eigenvalue weighted by molar-refractivity contribution is 6.12. The number of pyridine rings is 1. The quantitative estimate of drug-likeness (QED) is 0.367. The summed E-state index contributed by atoms with van der Waals surface area (Å²) in [6.07, 6.45) is 4.14. The van der Waals surface area contributed by atoms with Crippen molar-refractivity contribution < 1.29 is 14.3 Å². The first kappa shape index (κ1) is 21.4. The number of nitrogens with one attached hydrogen (secondary N) is 1. The van der Waals surface area contributed by atoms with Gasteiger partial charge in [0.25, 0.3) is 0 Å². The Morgan fingerprint density at radius 3 is 2.71 bits per heavy atom. The minimum Gasteiger partial charge on any atom is -0.493 e. The van der Waals surface area contributed by atoms with Crippen molar-refractivity contribution in [2.45, 2.75) is 31.9 Å². The molecule has 1 aliphatic carbocycles. The molecule has 3 aromatic carbocycles. The van der Waals surface area contributed by atoms with Gasteiger partial charge in [0.05, 0.1) is 18.7 Å². The van der Waals surface area contributed by atoms with E-state index in [2.05, 4.69) is 22.4 Å². The molecule has 1 N–H and O–H groups in total. The molecular weight excluding hydrogens is 436 g/mol. The van der Waals surface area contributed by atoms with E-state index in [1.165, 1.54) is 0 Å². The number of anilines is 1. The van der Waals surface area contributed by atoms with Gasteiger partial charge in [-0.2, -0.15) is 0 Å². The van der Waals surface area contributed by atoms with Gasteiger partial charge >= 0.3 is 0 Å². The maximum absolute atomic E-state index is 13.3. The molecule has 0 amide bonds. The van der Waals surface area contributed by atoms with Crippen LogP contribution in [0.5, 0.6) is 11.5 Å². The molecule has 2 aliphatic rings. The van der Waals surface area contributed by atoms with Crippen molar-refractivity contribution >= 4 is 27.9 Å². The van der Waals surface area contributed by atoms with Crippen molar-refractivity contribution in [3.8, 4) is 11.5 Å². The van der Waals surface area contributed by atoms with Gasteiger partial charge in [-0.1, -0.05) is 42.5 Å². The van der Waals surface area contributed by atoms with Crippen molar-refractivity contribution in [2.24, 2.45) is 0 Å². The molecule has 5 heteroatoms. The summed E-state index contributed by atoms with van der Waals surface area (Å²) in [5.74, 6) is 1.54. The Labute approximate surface area is 204 Å². The molecule has 0 saturated heterocycles. The molecule has 2 heterocycles. The Morgan fingerprint density at radius 1 is 0.971 bits per heavy atom. The van der Waals surface area contributed by atoms with Crippen LogP contribution in [0.4, 0.5) is 5.69 Å². The summed E-state index contributed by atoms with van der Waals surface area (Å²) in [5, 5.41) is 4.74. The summed E-state index contributed by atoms with van der Waals surface area (Å²) in [6, 6.07) is 23.9. The third-order valence-electron chi connectivity index (χ3n) is 6.89. The third kappa shape index (κ3) is 3.83. The molecule has 0 fully saturated rings. The first-order chi connectivity index (χ1) is 17.2. The predicted octanol–water partition coefficient (Wildman–Crippen LogP) is 6.50. The minimum atomic E-state index is -0.239. The molecule has 4 aromatic rings. The normalized spacial score (nSPS) is 16.9. The lowest BCUT2D eigenvalue weighted by Crippen LogP contribution is -2.27. The van der Waals surface area contributed by atoms with Crippen LogP contribution in [-0.4, -0.2) is 17.9 Å². The highest BCUT2D eigenvalue weighted by Crippen LogP contribution is 2.48. The molecule has 6 rings (SSSR count). The molecule has 0 spiro atoms. The standard InChI is InChI=1S/C30H26N2O3/c1-34-27-17-20(12-15-26(27)35-18-19-7-3-2-4-8-19)30-29-22(9-5-11-25(29)33)28-21-10-6-16-31-23(21)13-14-24(28)32-30/h2-4,6-8,10,12-17,30,32H,5,9,11,18H2,1H3/t30-/m1/s1. The molecular formula is C30H26N2O3. The summed E-state index contributed by atoms with van der Waals surface area (Å²) in [6.45, 7) is 0.459. The second-order valence-corrected chi connectivity index (χ2v) is 8.99. The van der Waals surface area contributed by atoms with Gasteiger partial charge in [0.2, 0.25) is 0 Å². The Kier molecular flexibility index (Phi) is 5.45. The van der Waals surface area contributed by atoms with Crippen molar-refractivity contribution in [1.29, 1.82) is 0 Å². The van der Waals surface area contributed by atoms with Crippen LogP contribution in [0.1, 0.15) is 42.0 Å². The van der Waals surface area contributed by atoms with E-state index in [1.807, 2.05) is 66.9 Å². The summed E-state index contributed by atoms with van der Waals surface area (Å²) in [4.78, 5) is 17.8. The molecule has 0 saturated carbocycles. The number of fused-ring (bicyclic) bond motifs is 4. The predicted molar refractivity (Wildman–Crippen MR) is 138 cm³/mol. The smallest absolute Gasteiger partial charge is 0.161 e. The van der Waals surface area contributed by atoms with Crippen molar-refractivity contribution in [2.75, 3.05) is 12.4 Å². The number of Topliss-reactive ketones (excluding diaryl/α,β-unsaturated/α-hetero) is 1. The zero-order valence-electron chi connectivity index (χ0n) is 19.6. The molecule has 0 radical (unpaired) electrons. The second kappa shape index (κ2) is 8.91. The monoisotopic (exact) mass is 462 g/mol. The maximum Gasteiger partial charge on any atom is 0.161 e. The Morgan fingerprint density at radius 2 is 1.86 bits per heavy atom. The van der Waals surface area contributed by atoms with Crippen LogP contribution >= 0.6 is 0 Å². The fourth-order valence-corrected chi connectivity index (χ4v) is 5.25. The lowest BCUT2D eigenvalue weighted by molar-refractivity contribution is -0.116. The number of nitrogens with zero attached hydrogens (tertiary/aromatic N) is 1. The van der Waals surface area contributed by atoms with Gasteiger partial charge in [-0.3, -0.25) is 9.78 Å². The van der Waals surface area contributed by atoms with E-state index >= 15 is 0 Å². The summed E-state index contributed by atoms with van der Waals surface area (Å²) >= 11 is 0. The zero-order chi connectivity index (χ0) is 23.8. The summed E-state index contributed by atoms with van der Waals surface area (Å²) in [5.41, 5.74) is 7.17. The fraction of sp³-hybridized carbons (Fsp3) is 0.200. The zero-order valence-corrected chi connectivity index (χ0v) is 19.6. The van der Waals surface area contributed by atoms with Gasteiger partial charge in [0.15, 0.2) is 17.3 Å². The van der Waals surface area contributed by atoms with Crippen LogP contribution in [0.15, 0.2) is 84.6 Å². The minimum absolute atomic E-state index is 0.207. The SMILES string of the molecule is COc1cc([C@H]2Nc3ccc4ncccc4c3C3=C2C(=O)CCC3)ccc1OCc1ccccc1. The van der Waals surface area contributed by atoms with Crippen molar-refractivity contribution in [3.05, 3.63) is 101 Å². The number of ether oxygens (including phenoxy) is 2. The number of carbonyl (C=O) groups is 1. The Balaban J connectivity index is 1.40. The van der Waals surface area contributed by atoms with E-state index in [0.717, 1.165) is 57.3 Å². The molecule has 1 aliphatic heterocycles.